The maximum atomic E-state index is 14.9. The third-order valence-electron chi connectivity index (χ3n) is 6.05. The minimum atomic E-state index is -3.12. The summed E-state index contributed by atoms with van der Waals surface area (Å²) in [5.41, 5.74) is -0.583. The van der Waals surface area contributed by atoms with Gasteiger partial charge in [0.15, 0.2) is 0 Å². The fourth-order valence-electron chi connectivity index (χ4n) is 4.58. The van der Waals surface area contributed by atoms with E-state index in [9.17, 15) is 18.0 Å². The molecule has 2 aliphatic heterocycles. The van der Waals surface area contributed by atoms with E-state index in [4.69, 9.17) is 16.3 Å². The summed E-state index contributed by atoms with van der Waals surface area (Å²) in [6.07, 6.45) is 0.0489. The van der Waals surface area contributed by atoms with Crippen molar-refractivity contribution in [3.8, 4) is 11.3 Å². The molecular formula is C24H24ClF3N4O2. The van der Waals surface area contributed by atoms with E-state index in [1.165, 1.54) is 23.1 Å². The molecule has 4 heterocycles. The molecular weight excluding hydrogens is 469 g/mol. The predicted molar refractivity (Wildman–Crippen MR) is 124 cm³/mol. The molecule has 0 radical (unpaired) electrons. The molecule has 1 fully saturated rings. The number of benzene rings is 1. The van der Waals surface area contributed by atoms with Gasteiger partial charge in [0.05, 0.1) is 24.1 Å². The molecule has 34 heavy (non-hydrogen) atoms. The maximum absolute atomic E-state index is 14.9. The van der Waals surface area contributed by atoms with Crippen LogP contribution in [-0.4, -0.2) is 45.3 Å². The Morgan fingerprint density at radius 3 is 2.68 bits per heavy atom. The van der Waals surface area contributed by atoms with Crippen molar-refractivity contribution >= 4 is 28.3 Å². The van der Waals surface area contributed by atoms with Crippen LogP contribution in [0.25, 0.3) is 22.2 Å². The number of nitrogens with zero attached hydrogens (tertiary/aromatic N) is 4. The van der Waals surface area contributed by atoms with E-state index in [2.05, 4.69) is 9.97 Å². The number of pyridine rings is 1. The summed E-state index contributed by atoms with van der Waals surface area (Å²) < 4.78 is 51.8. The molecule has 5 rings (SSSR count). The van der Waals surface area contributed by atoms with Crippen LogP contribution in [-0.2, 0) is 17.7 Å². The second-order valence-corrected chi connectivity index (χ2v) is 10.2. The number of alkyl halides is 2. The summed E-state index contributed by atoms with van der Waals surface area (Å²) in [5.74, 6) is -3.01. The minimum Gasteiger partial charge on any atom is -0.364 e. The molecule has 2 aromatic heterocycles. The van der Waals surface area contributed by atoms with Crippen LogP contribution in [0.5, 0.6) is 0 Å². The monoisotopic (exact) mass is 492 g/mol. The van der Waals surface area contributed by atoms with Crippen molar-refractivity contribution < 1.29 is 17.9 Å². The van der Waals surface area contributed by atoms with Gasteiger partial charge in [0.2, 0.25) is 0 Å². The van der Waals surface area contributed by atoms with Crippen molar-refractivity contribution in [3.05, 3.63) is 51.3 Å². The van der Waals surface area contributed by atoms with Gasteiger partial charge in [0.25, 0.3) is 11.5 Å². The van der Waals surface area contributed by atoms with Gasteiger partial charge in [-0.1, -0.05) is 11.6 Å². The van der Waals surface area contributed by atoms with Crippen molar-refractivity contribution in [3.63, 3.8) is 0 Å². The molecule has 1 atom stereocenters. The van der Waals surface area contributed by atoms with E-state index >= 15 is 0 Å². The summed E-state index contributed by atoms with van der Waals surface area (Å²) in [4.78, 5) is 23.8. The molecule has 1 aromatic carbocycles. The molecule has 10 heteroatoms. The van der Waals surface area contributed by atoms with Gasteiger partial charge in [-0.25, -0.2) is 23.1 Å². The van der Waals surface area contributed by atoms with Crippen LogP contribution in [0.4, 0.5) is 19.0 Å². The molecule has 0 amide bonds. The lowest BCUT2D eigenvalue weighted by molar-refractivity contribution is -0.153. The van der Waals surface area contributed by atoms with Crippen molar-refractivity contribution in [1.82, 2.24) is 14.5 Å². The molecule has 1 saturated heterocycles. The number of ether oxygens (including phenoxy) is 1. The number of halogens is 4. The second kappa shape index (κ2) is 7.95. The molecule has 0 saturated carbocycles. The van der Waals surface area contributed by atoms with Gasteiger partial charge in [-0.2, -0.15) is 0 Å². The first-order valence-electron chi connectivity index (χ1n) is 11.1. The van der Waals surface area contributed by atoms with Gasteiger partial charge in [0.1, 0.15) is 34.8 Å². The largest absolute Gasteiger partial charge is 0.364 e. The first-order chi connectivity index (χ1) is 15.9. The maximum Gasteiger partial charge on any atom is 0.292 e. The highest BCUT2D eigenvalue weighted by atomic mass is 35.5. The lowest BCUT2D eigenvalue weighted by Crippen LogP contribution is -2.39. The fourth-order valence-corrected chi connectivity index (χ4v) is 4.74. The molecule has 0 spiro atoms. The Morgan fingerprint density at radius 2 is 1.97 bits per heavy atom. The Kier molecular flexibility index (Phi) is 5.40. The van der Waals surface area contributed by atoms with Crippen molar-refractivity contribution in [2.45, 2.75) is 57.8 Å². The van der Waals surface area contributed by atoms with E-state index in [1.54, 1.807) is 25.3 Å². The van der Waals surface area contributed by atoms with E-state index in [0.29, 0.717) is 18.8 Å². The lowest BCUT2D eigenvalue weighted by atomic mass is 10.1. The summed E-state index contributed by atoms with van der Waals surface area (Å²) in [7, 11) is 0. The van der Waals surface area contributed by atoms with Crippen LogP contribution in [0, 0.1) is 5.82 Å². The Hall–Kier alpha value is -2.65. The molecule has 180 valence electrons. The Balaban J connectivity index is 1.69. The number of aryl methyl sites for hydroxylation is 1. The molecule has 2 aliphatic rings. The quantitative estimate of drug-likeness (QED) is 0.524. The zero-order valence-corrected chi connectivity index (χ0v) is 19.8. The molecule has 0 aliphatic carbocycles. The van der Waals surface area contributed by atoms with Crippen LogP contribution in [0.1, 0.15) is 33.0 Å². The zero-order valence-electron chi connectivity index (χ0n) is 19.0. The summed E-state index contributed by atoms with van der Waals surface area (Å²) in [6, 6.07) is 5.59. The number of hydrogen-bond donors (Lipinski definition) is 0. The third kappa shape index (κ3) is 4.05. The topological polar surface area (TPSA) is 60.2 Å². The van der Waals surface area contributed by atoms with Gasteiger partial charge >= 0.3 is 0 Å². The number of aromatic nitrogens is 3. The number of hydrogen-bond acceptors (Lipinski definition) is 5. The average molecular weight is 493 g/mol. The molecule has 0 N–H and O–H groups in total. The van der Waals surface area contributed by atoms with Gasteiger partial charge < -0.3 is 9.64 Å². The summed E-state index contributed by atoms with van der Waals surface area (Å²) >= 11 is 5.92. The average Bonchev–Trinajstić information content (AvgIpc) is 3.31. The molecule has 6 nitrogen and oxygen atoms in total. The van der Waals surface area contributed by atoms with Crippen LogP contribution >= 0.6 is 11.6 Å². The van der Waals surface area contributed by atoms with Gasteiger partial charge in [-0.15, -0.1) is 0 Å². The Labute approximate surface area is 199 Å². The minimum absolute atomic E-state index is 0.0968. The predicted octanol–water partition coefficient (Wildman–Crippen LogP) is 4.84. The third-order valence-corrected chi connectivity index (χ3v) is 6.29. The number of fused-ring (bicyclic) bond motifs is 2. The van der Waals surface area contributed by atoms with Gasteiger partial charge in [-0.3, -0.25) is 9.36 Å². The van der Waals surface area contributed by atoms with Gasteiger partial charge in [0, 0.05) is 23.6 Å². The van der Waals surface area contributed by atoms with E-state index in [0.717, 1.165) is 12.5 Å². The van der Waals surface area contributed by atoms with Crippen LogP contribution in [0.3, 0.4) is 0 Å². The SMILES string of the molecule is CC(C)(C)OC1CN(c2cc3c(=O)n4c(nc3c(-c3ccc(Cl)cc3F)n2)CCC4)CC1(F)F. The summed E-state index contributed by atoms with van der Waals surface area (Å²) in [6.45, 7) is 4.93. The first kappa shape index (κ1) is 23.1. The standard InChI is InChI=1S/C24H24ClF3N4O2/c1-23(2,3)34-17-11-31(12-24(17,27)28)19-10-15-21(29-18-5-4-8-32(18)22(15)33)20(30-19)14-7-6-13(25)9-16(14)26/h6-7,9-10,17H,4-5,8,11-12H2,1-3H3. The Bertz CT molecular complexity index is 1350. The van der Waals surface area contributed by atoms with E-state index < -0.39 is 30.0 Å². The number of anilines is 1. The zero-order chi connectivity index (χ0) is 24.4. The Morgan fingerprint density at radius 1 is 1.21 bits per heavy atom. The van der Waals surface area contributed by atoms with Crippen LogP contribution < -0.4 is 10.5 Å². The fraction of sp³-hybridized carbons (Fsp3) is 0.458. The van der Waals surface area contributed by atoms with Gasteiger partial charge in [-0.05, 0) is 51.5 Å². The lowest BCUT2D eigenvalue weighted by Gasteiger charge is -2.27. The highest BCUT2D eigenvalue weighted by Gasteiger charge is 2.51. The van der Waals surface area contributed by atoms with Crippen molar-refractivity contribution in [2.75, 3.05) is 18.0 Å². The molecule has 1 unspecified atom stereocenters. The molecule has 3 aromatic rings. The second-order valence-electron chi connectivity index (χ2n) is 9.80. The highest BCUT2D eigenvalue weighted by Crippen LogP contribution is 2.37. The first-order valence-corrected chi connectivity index (χ1v) is 11.5. The van der Waals surface area contributed by atoms with Crippen molar-refractivity contribution in [2.24, 2.45) is 0 Å². The van der Waals surface area contributed by atoms with Crippen LogP contribution in [0.15, 0.2) is 29.1 Å². The van der Waals surface area contributed by atoms with E-state index in [1.807, 2.05) is 0 Å². The highest BCUT2D eigenvalue weighted by molar-refractivity contribution is 6.30. The van der Waals surface area contributed by atoms with Crippen molar-refractivity contribution in [1.29, 1.82) is 0 Å². The number of rotatable bonds is 3. The normalized spacial score (nSPS) is 19.7. The van der Waals surface area contributed by atoms with E-state index in [-0.39, 0.29) is 45.1 Å². The molecule has 0 bridgehead atoms. The van der Waals surface area contributed by atoms with Crippen LogP contribution in [0.2, 0.25) is 5.02 Å². The smallest absolute Gasteiger partial charge is 0.292 e. The summed E-state index contributed by atoms with van der Waals surface area (Å²) in [5, 5.41) is 0.417.